The molecule has 0 fully saturated rings. The fourth-order valence-corrected chi connectivity index (χ4v) is 4.67. The Bertz CT molecular complexity index is 654. The Morgan fingerprint density at radius 3 is 1.10 bits per heavy atom. The van der Waals surface area contributed by atoms with Gasteiger partial charge in [0.1, 0.15) is 0 Å². The number of carboxylic acids is 2. The molecule has 10 nitrogen and oxygen atoms in total. The van der Waals surface area contributed by atoms with Crippen LogP contribution in [0.15, 0.2) is 0 Å². The first-order chi connectivity index (χ1) is 13.3. The Balaban J connectivity index is -0.000000225. The van der Waals surface area contributed by atoms with Crippen molar-refractivity contribution >= 4 is 32.2 Å². The molecule has 0 amide bonds. The first-order valence-corrected chi connectivity index (χ1v) is 12.5. The first kappa shape index (κ1) is 34.4. The van der Waals surface area contributed by atoms with Crippen LogP contribution in [0.3, 0.4) is 0 Å². The number of unbranched alkanes of at least 4 members (excludes halogenated alkanes) is 10. The summed E-state index contributed by atoms with van der Waals surface area (Å²) >= 11 is 0. The maximum Gasteiger partial charge on any atom is 1.00 e. The predicted molar refractivity (Wildman–Crippen MR) is 109 cm³/mol. The zero-order valence-electron chi connectivity index (χ0n) is 19.0. The Hall–Kier alpha value is -0.240. The van der Waals surface area contributed by atoms with E-state index in [1.54, 1.807) is 0 Å². The quantitative estimate of drug-likeness (QED) is 0.144. The molecule has 0 aliphatic heterocycles. The van der Waals surface area contributed by atoms with Gasteiger partial charge in [-0.25, -0.2) is 4.79 Å². The zero-order chi connectivity index (χ0) is 23.1. The van der Waals surface area contributed by atoms with Gasteiger partial charge in [0.05, 0.1) is 6.42 Å². The van der Waals surface area contributed by atoms with Crippen LogP contribution in [-0.2, 0) is 29.8 Å². The van der Waals surface area contributed by atoms with Crippen LogP contribution in [0.25, 0.3) is 0 Å². The molecule has 0 radical (unpaired) electrons. The summed E-state index contributed by atoms with van der Waals surface area (Å²) in [6.45, 7) is 4.56. The van der Waals surface area contributed by atoms with Crippen molar-refractivity contribution in [3.63, 3.8) is 0 Å². The standard InChI is InChI=1S/C13H28.C4H6O10S2.Na.H/c1-3-5-7-9-11-13-12-10-8-6-4-2;5-2(6)1-4(3(7)8,15(9,10)11)16(12,13)14;;/h3-13H2,1-2H3;1H2,(H,5,6)(H,7,8)(H,9,10,11)(H,12,13,14);;/q;;+1;-1. The van der Waals surface area contributed by atoms with Crippen LogP contribution in [0.1, 0.15) is 92.3 Å². The van der Waals surface area contributed by atoms with Crippen LogP contribution in [0.4, 0.5) is 0 Å². The largest absolute Gasteiger partial charge is 1.00 e. The van der Waals surface area contributed by atoms with Gasteiger partial charge >= 0.3 is 45.6 Å². The van der Waals surface area contributed by atoms with Crippen LogP contribution in [0.5, 0.6) is 0 Å². The van der Waals surface area contributed by atoms with Gasteiger partial charge < -0.3 is 11.6 Å². The van der Waals surface area contributed by atoms with Crippen molar-refractivity contribution in [2.24, 2.45) is 0 Å². The third kappa shape index (κ3) is 13.2. The zero-order valence-corrected chi connectivity index (χ0v) is 21.7. The van der Waals surface area contributed by atoms with E-state index in [1.807, 2.05) is 0 Å². The summed E-state index contributed by atoms with van der Waals surface area (Å²) in [6.07, 6.45) is 13.9. The Morgan fingerprint density at radius 1 is 0.700 bits per heavy atom. The number of carboxylic acid groups (broad SMARTS) is 2. The number of aliphatic carboxylic acids is 2. The second-order valence-corrected chi connectivity index (χ2v) is 10.3. The van der Waals surface area contributed by atoms with Crippen LogP contribution >= 0.6 is 0 Å². The third-order valence-corrected chi connectivity index (χ3v) is 7.82. The summed E-state index contributed by atoms with van der Waals surface area (Å²) < 4.78 is 55.3. The van der Waals surface area contributed by atoms with E-state index < -0.39 is 42.7 Å². The summed E-state index contributed by atoms with van der Waals surface area (Å²) in [4.78, 5) is 20.7. The van der Waals surface area contributed by atoms with Crippen molar-refractivity contribution in [1.82, 2.24) is 0 Å². The van der Waals surface area contributed by atoms with Crippen molar-refractivity contribution in [3.8, 4) is 0 Å². The van der Waals surface area contributed by atoms with Gasteiger partial charge in [-0.3, -0.25) is 13.9 Å². The minimum Gasteiger partial charge on any atom is -1.00 e. The molecule has 0 aromatic rings. The normalized spacial score (nSPS) is 11.7. The minimum absolute atomic E-state index is 0. The second-order valence-electron chi connectivity index (χ2n) is 6.76. The van der Waals surface area contributed by atoms with E-state index in [1.165, 1.54) is 70.6 Å². The minimum atomic E-state index is -5.90. The Morgan fingerprint density at radius 2 is 0.967 bits per heavy atom. The summed E-state index contributed by atoms with van der Waals surface area (Å²) in [5.41, 5.74) is 0. The number of rotatable bonds is 15. The third-order valence-electron chi connectivity index (χ3n) is 4.25. The molecule has 0 unspecified atom stereocenters. The molecule has 0 atom stereocenters. The topological polar surface area (TPSA) is 183 Å². The van der Waals surface area contributed by atoms with Crippen molar-refractivity contribution in [2.75, 3.05) is 0 Å². The summed E-state index contributed by atoms with van der Waals surface area (Å²) in [7, 11) is -11.8. The van der Waals surface area contributed by atoms with Gasteiger partial charge in [0.25, 0.3) is 20.2 Å². The second kappa shape index (κ2) is 17.3. The average Bonchev–Trinajstić information content (AvgIpc) is 2.56. The predicted octanol–water partition coefficient (Wildman–Crippen LogP) is 0.451. The van der Waals surface area contributed by atoms with Gasteiger partial charge in [-0.2, -0.15) is 16.8 Å². The van der Waals surface area contributed by atoms with Gasteiger partial charge in [0.2, 0.25) is 0 Å². The van der Waals surface area contributed by atoms with E-state index in [9.17, 15) is 26.4 Å². The number of hydrogen-bond donors (Lipinski definition) is 4. The smallest absolute Gasteiger partial charge is 1.00 e. The Kier molecular flexibility index (Phi) is 19.9. The molecule has 176 valence electrons. The monoisotopic (exact) mass is 486 g/mol. The maximum absolute atomic E-state index is 10.6. The van der Waals surface area contributed by atoms with E-state index in [0.29, 0.717) is 0 Å². The van der Waals surface area contributed by atoms with Crippen LogP contribution in [0, 0.1) is 0 Å². The molecule has 0 saturated carbocycles. The molecule has 0 aliphatic carbocycles. The SMILES string of the molecule is CCCCCCCCCCCCC.O=C(O)CC(C(=O)O)(S(=O)(=O)O)S(=O)(=O)O.[H-].[Na+]. The van der Waals surface area contributed by atoms with Crippen molar-refractivity contribution in [2.45, 2.75) is 95.0 Å². The molecule has 0 aromatic carbocycles. The van der Waals surface area contributed by atoms with Gasteiger partial charge in [-0.1, -0.05) is 84.5 Å². The molecule has 0 spiro atoms. The summed E-state index contributed by atoms with van der Waals surface area (Å²) in [5, 5.41) is 16.6. The fourth-order valence-electron chi connectivity index (χ4n) is 2.55. The maximum atomic E-state index is 10.6. The van der Waals surface area contributed by atoms with Crippen LogP contribution < -0.4 is 29.6 Å². The first-order valence-electron chi connectivity index (χ1n) is 9.67. The molecular formula is C17H35NaO10S2. The molecule has 4 N–H and O–H groups in total. The van der Waals surface area contributed by atoms with E-state index in [0.717, 1.165) is 0 Å². The van der Waals surface area contributed by atoms with E-state index in [4.69, 9.17) is 19.3 Å². The number of hydrogen-bond acceptors (Lipinski definition) is 6. The number of carbonyl (C=O) groups is 2. The van der Waals surface area contributed by atoms with Crippen molar-refractivity contribution < 1.29 is 76.7 Å². The molecule has 0 aliphatic rings. The summed E-state index contributed by atoms with van der Waals surface area (Å²) in [6, 6.07) is 0. The van der Waals surface area contributed by atoms with E-state index in [2.05, 4.69) is 13.8 Å². The van der Waals surface area contributed by atoms with Crippen molar-refractivity contribution in [1.29, 1.82) is 0 Å². The van der Waals surface area contributed by atoms with Gasteiger partial charge in [-0.15, -0.1) is 0 Å². The van der Waals surface area contributed by atoms with E-state index >= 15 is 0 Å². The molecule has 30 heavy (non-hydrogen) atoms. The molecule has 0 saturated heterocycles. The van der Waals surface area contributed by atoms with Gasteiger partial charge in [0, 0.05) is 0 Å². The molecule has 13 heteroatoms. The molecule has 0 bridgehead atoms. The van der Waals surface area contributed by atoms with Gasteiger partial charge in [-0.05, 0) is 0 Å². The van der Waals surface area contributed by atoms with Crippen LogP contribution in [-0.4, -0.2) is 52.2 Å². The van der Waals surface area contributed by atoms with Gasteiger partial charge in [0.15, 0.2) is 0 Å². The molecule has 0 aromatic heterocycles. The van der Waals surface area contributed by atoms with E-state index in [-0.39, 0.29) is 31.0 Å². The summed E-state index contributed by atoms with van der Waals surface area (Å²) in [5.74, 6) is -4.88. The van der Waals surface area contributed by atoms with Crippen LogP contribution in [0.2, 0.25) is 0 Å². The average molecular weight is 487 g/mol. The van der Waals surface area contributed by atoms with Crippen molar-refractivity contribution in [3.05, 3.63) is 0 Å². The Labute approximate surface area is 203 Å². The molecule has 0 rings (SSSR count). The molecule has 0 heterocycles. The fraction of sp³-hybridized carbons (Fsp3) is 0.882. The molecular weight excluding hydrogens is 451 g/mol.